The monoisotopic (exact) mass is 249 g/mol. The van der Waals surface area contributed by atoms with Gasteiger partial charge in [0.15, 0.2) is 5.84 Å². The second-order valence-corrected chi connectivity index (χ2v) is 4.60. The number of morpholine rings is 1. The lowest BCUT2D eigenvalue weighted by Gasteiger charge is -2.36. The number of rotatable bonds is 2. The number of hydrogen-bond donors (Lipinski definition) is 2. The molecule has 1 atom stereocenters. The Bertz CT molecular complexity index is 460. The van der Waals surface area contributed by atoms with Crippen molar-refractivity contribution in [2.24, 2.45) is 10.9 Å². The summed E-state index contributed by atoms with van der Waals surface area (Å²) < 4.78 is 5.44. The van der Waals surface area contributed by atoms with E-state index in [-0.39, 0.29) is 5.84 Å². The first kappa shape index (κ1) is 12.7. The van der Waals surface area contributed by atoms with Crippen molar-refractivity contribution in [3.63, 3.8) is 0 Å². The fraction of sp³-hybridized carbons (Fsp3) is 0.462. The maximum atomic E-state index is 8.68. The number of hydrogen-bond acceptors (Lipinski definition) is 4. The molecule has 0 saturated carbocycles. The lowest BCUT2D eigenvalue weighted by molar-refractivity contribution is 0.0989. The molecule has 1 unspecified atom stereocenters. The van der Waals surface area contributed by atoms with Crippen LogP contribution in [0.15, 0.2) is 23.4 Å². The Labute approximate surface area is 107 Å². The first-order valence-electron chi connectivity index (χ1n) is 6.06. The van der Waals surface area contributed by atoms with Crippen molar-refractivity contribution in [3.05, 3.63) is 29.3 Å². The summed E-state index contributed by atoms with van der Waals surface area (Å²) in [5, 5.41) is 11.7. The Morgan fingerprint density at radius 2 is 2.33 bits per heavy atom. The van der Waals surface area contributed by atoms with Crippen LogP contribution in [0, 0.1) is 6.92 Å². The Morgan fingerprint density at radius 3 is 2.94 bits per heavy atom. The largest absolute Gasteiger partial charge is 0.409 e. The third kappa shape index (κ3) is 2.41. The zero-order chi connectivity index (χ0) is 13.1. The van der Waals surface area contributed by atoms with Gasteiger partial charge >= 0.3 is 0 Å². The minimum atomic E-state index is 0.139. The number of ether oxygens (including phenoxy) is 1. The first-order chi connectivity index (χ1) is 8.63. The fourth-order valence-corrected chi connectivity index (χ4v) is 2.28. The molecule has 1 aliphatic rings. The molecule has 0 aromatic heterocycles. The fourth-order valence-electron chi connectivity index (χ4n) is 2.28. The highest BCUT2D eigenvalue weighted by Gasteiger charge is 2.20. The van der Waals surface area contributed by atoms with E-state index in [0.29, 0.717) is 6.04 Å². The van der Waals surface area contributed by atoms with Gasteiger partial charge in [-0.25, -0.2) is 0 Å². The van der Waals surface area contributed by atoms with Crippen molar-refractivity contribution < 1.29 is 9.94 Å². The predicted molar refractivity (Wildman–Crippen MR) is 71.3 cm³/mol. The molecule has 2 rings (SSSR count). The quantitative estimate of drug-likeness (QED) is 0.359. The van der Waals surface area contributed by atoms with E-state index < -0.39 is 0 Å². The molecular weight excluding hydrogens is 230 g/mol. The molecule has 1 aromatic rings. The average Bonchev–Trinajstić information content (AvgIpc) is 2.39. The molecule has 18 heavy (non-hydrogen) atoms. The van der Waals surface area contributed by atoms with Crippen molar-refractivity contribution in [2.75, 3.05) is 24.7 Å². The van der Waals surface area contributed by atoms with Crippen molar-refractivity contribution in [3.8, 4) is 0 Å². The number of nitrogens with zero attached hydrogens (tertiary/aromatic N) is 2. The summed E-state index contributed by atoms with van der Waals surface area (Å²) in [6.07, 6.45) is 0. The van der Waals surface area contributed by atoms with E-state index in [2.05, 4.69) is 17.0 Å². The summed E-state index contributed by atoms with van der Waals surface area (Å²) in [4.78, 5) is 2.33. The van der Waals surface area contributed by atoms with Gasteiger partial charge in [0, 0.05) is 23.8 Å². The van der Waals surface area contributed by atoms with Gasteiger partial charge < -0.3 is 20.6 Å². The van der Waals surface area contributed by atoms with E-state index in [1.165, 1.54) is 5.69 Å². The summed E-state index contributed by atoms with van der Waals surface area (Å²) in [5.74, 6) is 0.139. The highest BCUT2D eigenvalue weighted by atomic mass is 16.5. The van der Waals surface area contributed by atoms with Gasteiger partial charge in [-0.3, -0.25) is 0 Å². The average molecular weight is 249 g/mol. The van der Waals surface area contributed by atoms with Crippen LogP contribution in [-0.4, -0.2) is 36.8 Å². The highest BCUT2D eigenvalue weighted by molar-refractivity contribution is 5.97. The Balaban J connectivity index is 2.29. The molecule has 0 amide bonds. The van der Waals surface area contributed by atoms with Crippen LogP contribution in [0.1, 0.15) is 18.1 Å². The number of aryl methyl sites for hydroxylation is 1. The summed E-state index contributed by atoms with van der Waals surface area (Å²) in [6, 6.07) is 6.20. The Morgan fingerprint density at radius 1 is 1.56 bits per heavy atom. The second kappa shape index (κ2) is 5.27. The number of amidine groups is 1. The van der Waals surface area contributed by atoms with Crippen molar-refractivity contribution in [1.82, 2.24) is 0 Å². The summed E-state index contributed by atoms with van der Waals surface area (Å²) >= 11 is 0. The van der Waals surface area contributed by atoms with Gasteiger partial charge in [0.25, 0.3) is 0 Å². The van der Waals surface area contributed by atoms with E-state index in [4.69, 9.17) is 15.7 Å². The molecule has 1 heterocycles. The van der Waals surface area contributed by atoms with Gasteiger partial charge in [0.2, 0.25) is 0 Å². The van der Waals surface area contributed by atoms with Crippen molar-refractivity contribution in [1.29, 1.82) is 0 Å². The van der Waals surface area contributed by atoms with Crippen LogP contribution in [0.2, 0.25) is 0 Å². The summed E-state index contributed by atoms with van der Waals surface area (Å²) in [6.45, 7) is 6.58. The van der Waals surface area contributed by atoms with Gasteiger partial charge in [-0.1, -0.05) is 5.16 Å². The predicted octanol–water partition coefficient (Wildman–Crippen LogP) is 1.31. The number of oxime groups is 1. The van der Waals surface area contributed by atoms with Gasteiger partial charge in [-0.15, -0.1) is 0 Å². The lowest BCUT2D eigenvalue weighted by Crippen LogP contribution is -2.44. The molecule has 1 aliphatic heterocycles. The molecule has 98 valence electrons. The molecule has 0 spiro atoms. The van der Waals surface area contributed by atoms with E-state index in [0.717, 1.165) is 30.9 Å². The van der Waals surface area contributed by atoms with Gasteiger partial charge in [0.05, 0.1) is 13.2 Å². The third-order valence-electron chi connectivity index (χ3n) is 3.28. The molecular formula is C13H19N3O2. The molecule has 0 aliphatic carbocycles. The van der Waals surface area contributed by atoms with E-state index in [1.54, 1.807) is 0 Å². The van der Waals surface area contributed by atoms with Crippen LogP contribution < -0.4 is 10.6 Å². The highest BCUT2D eigenvalue weighted by Crippen LogP contribution is 2.24. The number of benzene rings is 1. The van der Waals surface area contributed by atoms with Crippen LogP contribution in [0.5, 0.6) is 0 Å². The van der Waals surface area contributed by atoms with Crippen LogP contribution in [0.4, 0.5) is 5.69 Å². The molecule has 0 radical (unpaired) electrons. The number of nitrogens with two attached hydrogens (primary N) is 1. The van der Waals surface area contributed by atoms with Crippen molar-refractivity contribution >= 4 is 11.5 Å². The van der Waals surface area contributed by atoms with Crippen LogP contribution in [0.25, 0.3) is 0 Å². The smallest absolute Gasteiger partial charge is 0.170 e. The molecule has 5 nitrogen and oxygen atoms in total. The number of anilines is 1. The molecule has 3 N–H and O–H groups in total. The minimum Gasteiger partial charge on any atom is -0.409 e. The van der Waals surface area contributed by atoms with Crippen LogP contribution >= 0.6 is 0 Å². The van der Waals surface area contributed by atoms with Gasteiger partial charge in [0.1, 0.15) is 0 Å². The van der Waals surface area contributed by atoms with Gasteiger partial charge in [-0.05, 0) is 37.6 Å². The normalized spacial score (nSPS) is 21.1. The SMILES string of the molecule is Cc1cc(/C(N)=N/O)ccc1N1CCOCC1C. The summed E-state index contributed by atoms with van der Waals surface area (Å²) in [5.41, 5.74) is 8.62. The second-order valence-electron chi connectivity index (χ2n) is 4.60. The third-order valence-corrected chi connectivity index (χ3v) is 3.28. The zero-order valence-corrected chi connectivity index (χ0v) is 10.8. The maximum absolute atomic E-state index is 8.68. The van der Waals surface area contributed by atoms with E-state index >= 15 is 0 Å². The first-order valence-corrected chi connectivity index (χ1v) is 6.06. The molecule has 1 saturated heterocycles. The maximum Gasteiger partial charge on any atom is 0.170 e. The molecule has 1 aromatic carbocycles. The minimum absolute atomic E-state index is 0.139. The molecule has 0 bridgehead atoms. The van der Waals surface area contributed by atoms with Gasteiger partial charge in [-0.2, -0.15) is 0 Å². The Kier molecular flexibility index (Phi) is 3.72. The van der Waals surface area contributed by atoms with Crippen molar-refractivity contribution in [2.45, 2.75) is 19.9 Å². The topological polar surface area (TPSA) is 71.1 Å². The Hall–Kier alpha value is -1.75. The zero-order valence-electron chi connectivity index (χ0n) is 10.8. The van der Waals surface area contributed by atoms with E-state index in [9.17, 15) is 0 Å². The summed E-state index contributed by atoms with van der Waals surface area (Å²) in [7, 11) is 0. The standard InChI is InChI=1S/C13H19N3O2/c1-9-7-11(13(14)15-17)3-4-12(9)16-5-6-18-8-10(16)2/h3-4,7,10,17H,5-6,8H2,1-2H3,(H2,14,15). The van der Waals surface area contributed by atoms with Crippen LogP contribution in [-0.2, 0) is 4.74 Å². The molecule has 1 fully saturated rings. The van der Waals surface area contributed by atoms with E-state index in [1.807, 2.05) is 25.1 Å². The molecule has 5 heteroatoms. The van der Waals surface area contributed by atoms with Crippen LogP contribution in [0.3, 0.4) is 0 Å². The lowest BCUT2D eigenvalue weighted by atomic mass is 10.1.